The maximum atomic E-state index is 10.1. The van der Waals surface area contributed by atoms with Crippen molar-refractivity contribution in [3.8, 4) is 0 Å². The zero-order valence-corrected chi connectivity index (χ0v) is 9.11. The number of nitrogens with two attached hydrogens (primary N) is 1. The quantitative estimate of drug-likeness (QED) is 0.659. The molecular formula is C12H21NO. The van der Waals surface area contributed by atoms with E-state index in [4.69, 9.17) is 5.73 Å². The highest BCUT2D eigenvalue weighted by Crippen LogP contribution is 2.49. The standard InChI is InChI=1S/C12H21NO/c1-7(2)5-10(14)11-8-3-4-9(6-8)12(11)13/h5,8-12,14H,3-4,6,13H2,1-2H3. The Morgan fingerprint density at radius 2 is 2.00 bits per heavy atom. The highest BCUT2D eigenvalue weighted by molar-refractivity contribution is 5.08. The van der Waals surface area contributed by atoms with Crippen LogP contribution in [0, 0.1) is 17.8 Å². The minimum Gasteiger partial charge on any atom is -0.389 e. The molecule has 2 aliphatic rings. The molecule has 0 aromatic rings. The zero-order valence-electron chi connectivity index (χ0n) is 9.11. The molecule has 0 spiro atoms. The molecule has 2 saturated carbocycles. The monoisotopic (exact) mass is 195 g/mol. The van der Waals surface area contributed by atoms with Gasteiger partial charge in [0.1, 0.15) is 0 Å². The average Bonchev–Trinajstić information content (AvgIpc) is 2.61. The van der Waals surface area contributed by atoms with Crippen LogP contribution in [0.5, 0.6) is 0 Å². The second kappa shape index (κ2) is 3.67. The Hall–Kier alpha value is -0.340. The van der Waals surface area contributed by atoms with E-state index in [1.165, 1.54) is 24.8 Å². The van der Waals surface area contributed by atoms with Crippen molar-refractivity contribution in [3.63, 3.8) is 0 Å². The second-order valence-electron chi connectivity index (χ2n) is 5.22. The molecule has 0 aliphatic heterocycles. The van der Waals surface area contributed by atoms with Crippen LogP contribution in [0.15, 0.2) is 11.6 Å². The van der Waals surface area contributed by atoms with Gasteiger partial charge in [-0.3, -0.25) is 0 Å². The van der Waals surface area contributed by atoms with Gasteiger partial charge in [0.25, 0.3) is 0 Å². The summed E-state index contributed by atoms with van der Waals surface area (Å²) in [6.07, 6.45) is 5.45. The molecule has 80 valence electrons. The van der Waals surface area contributed by atoms with Crippen molar-refractivity contribution in [3.05, 3.63) is 11.6 Å². The van der Waals surface area contributed by atoms with E-state index in [9.17, 15) is 5.11 Å². The lowest BCUT2D eigenvalue weighted by Crippen LogP contribution is -2.41. The Morgan fingerprint density at radius 1 is 1.36 bits per heavy atom. The lowest BCUT2D eigenvalue weighted by molar-refractivity contribution is 0.0997. The van der Waals surface area contributed by atoms with Crippen molar-refractivity contribution in [2.24, 2.45) is 23.5 Å². The van der Waals surface area contributed by atoms with Gasteiger partial charge in [0, 0.05) is 12.0 Å². The summed E-state index contributed by atoms with van der Waals surface area (Å²) < 4.78 is 0. The molecule has 5 unspecified atom stereocenters. The number of hydrogen-bond acceptors (Lipinski definition) is 2. The Kier molecular flexibility index (Phi) is 2.67. The van der Waals surface area contributed by atoms with Gasteiger partial charge in [0.2, 0.25) is 0 Å². The first kappa shape index (κ1) is 10.2. The lowest BCUT2D eigenvalue weighted by Gasteiger charge is -2.30. The molecule has 0 radical (unpaired) electrons. The molecule has 2 heteroatoms. The minimum absolute atomic E-state index is 0.236. The van der Waals surface area contributed by atoms with E-state index in [-0.39, 0.29) is 12.1 Å². The number of fused-ring (bicyclic) bond motifs is 2. The second-order valence-corrected chi connectivity index (χ2v) is 5.22. The smallest absolute Gasteiger partial charge is 0.0769 e. The molecule has 3 N–H and O–H groups in total. The Balaban J connectivity index is 2.08. The van der Waals surface area contributed by atoms with Crippen molar-refractivity contribution in [1.82, 2.24) is 0 Å². The third-order valence-electron chi connectivity index (χ3n) is 3.95. The molecule has 2 rings (SSSR count). The predicted octanol–water partition coefficient (Wildman–Crippen LogP) is 1.69. The van der Waals surface area contributed by atoms with Gasteiger partial charge in [-0.15, -0.1) is 0 Å². The number of aliphatic hydroxyl groups excluding tert-OH is 1. The fourth-order valence-electron chi connectivity index (χ4n) is 3.34. The molecule has 2 fully saturated rings. The van der Waals surface area contributed by atoms with Crippen molar-refractivity contribution in [2.45, 2.75) is 45.3 Å². The lowest BCUT2D eigenvalue weighted by atomic mass is 9.81. The summed E-state index contributed by atoms with van der Waals surface area (Å²) in [4.78, 5) is 0. The summed E-state index contributed by atoms with van der Waals surface area (Å²) in [5.41, 5.74) is 7.34. The summed E-state index contributed by atoms with van der Waals surface area (Å²) in [6, 6.07) is 0.236. The highest BCUT2D eigenvalue weighted by Gasteiger charge is 2.47. The van der Waals surface area contributed by atoms with Crippen molar-refractivity contribution in [2.75, 3.05) is 0 Å². The summed E-state index contributed by atoms with van der Waals surface area (Å²) >= 11 is 0. The Bertz CT molecular complexity index is 243. The van der Waals surface area contributed by atoms with Crippen molar-refractivity contribution >= 4 is 0 Å². The maximum absolute atomic E-state index is 10.1. The number of rotatable bonds is 2. The Labute approximate surface area is 86.2 Å². The molecule has 5 atom stereocenters. The SMILES string of the molecule is CC(C)=CC(O)C1C2CCC(C2)C1N. The number of allylic oxidation sites excluding steroid dienone is 1. The molecule has 0 amide bonds. The van der Waals surface area contributed by atoms with Gasteiger partial charge in [-0.1, -0.05) is 11.6 Å². The fourth-order valence-corrected chi connectivity index (χ4v) is 3.34. The molecule has 0 saturated heterocycles. The first-order valence-corrected chi connectivity index (χ1v) is 5.68. The minimum atomic E-state index is -0.315. The molecule has 0 heterocycles. The molecule has 2 nitrogen and oxygen atoms in total. The van der Waals surface area contributed by atoms with Gasteiger partial charge < -0.3 is 10.8 Å². The van der Waals surface area contributed by atoms with E-state index in [0.717, 1.165) is 0 Å². The topological polar surface area (TPSA) is 46.2 Å². The Morgan fingerprint density at radius 3 is 2.50 bits per heavy atom. The predicted molar refractivity (Wildman–Crippen MR) is 57.7 cm³/mol. The van der Waals surface area contributed by atoms with Crippen LogP contribution in [-0.2, 0) is 0 Å². The summed E-state index contributed by atoms with van der Waals surface area (Å²) in [6.45, 7) is 4.06. The van der Waals surface area contributed by atoms with Gasteiger partial charge >= 0.3 is 0 Å². The zero-order chi connectivity index (χ0) is 10.3. The highest BCUT2D eigenvalue weighted by atomic mass is 16.3. The number of aliphatic hydroxyl groups is 1. The fraction of sp³-hybridized carbons (Fsp3) is 0.833. The van der Waals surface area contributed by atoms with Crippen molar-refractivity contribution < 1.29 is 5.11 Å². The number of hydrogen-bond donors (Lipinski definition) is 2. The van der Waals surface area contributed by atoms with Crippen LogP contribution in [0.4, 0.5) is 0 Å². The van der Waals surface area contributed by atoms with Crippen LogP contribution in [-0.4, -0.2) is 17.3 Å². The van der Waals surface area contributed by atoms with Gasteiger partial charge in [0.15, 0.2) is 0 Å². The van der Waals surface area contributed by atoms with Crippen LogP contribution in [0.3, 0.4) is 0 Å². The van der Waals surface area contributed by atoms with Crippen molar-refractivity contribution in [1.29, 1.82) is 0 Å². The average molecular weight is 195 g/mol. The van der Waals surface area contributed by atoms with Gasteiger partial charge in [-0.05, 0) is 44.9 Å². The van der Waals surface area contributed by atoms with E-state index < -0.39 is 0 Å². The first-order chi connectivity index (χ1) is 6.59. The van der Waals surface area contributed by atoms with Crippen LogP contribution in [0.1, 0.15) is 33.1 Å². The van der Waals surface area contributed by atoms with Gasteiger partial charge in [-0.25, -0.2) is 0 Å². The maximum Gasteiger partial charge on any atom is 0.0769 e. The molecule has 14 heavy (non-hydrogen) atoms. The molecule has 2 bridgehead atoms. The normalized spacial score (nSPS) is 42.6. The van der Waals surface area contributed by atoms with Crippen LogP contribution < -0.4 is 5.73 Å². The van der Waals surface area contributed by atoms with E-state index in [1.54, 1.807) is 0 Å². The molecule has 0 aromatic heterocycles. The third-order valence-corrected chi connectivity index (χ3v) is 3.95. The van der Waals surface area contributed by atoms with E-state index in [2.05, 4.69) is 0 Å². The summed E-state index contributed by atoms with van der Waals surface area (Å²) in [7, 11) is 0. The molecular weight excluding hydrogens is 174 g/mol. The van der Waals surface area contributed by atoms with E-state index >= 15 is 0 Å². The summed E-state index contributed by atoms with van der Waals surface area (Å²) in [5, 5.41) is 10.1. The largest absolute Gasteiger partial charge is 0.389 e. The van der Waals surface area contributed by atoms with Crippen LogP contribution in [0.25, 0.3) is 0 Å². The van der Waals surface area contributed by atoms with E-state index in [0.29, 0.717) is 17.8 Å². The van der Waals surface area contributed by atoms with Crippen LogP contribution in [0.2, 0.25) is 0 Å². The van der Waals surface area contributed by atoms with Gasteiger partial charge in [0.05, 0.1) is 6.10 Å². The summed E-state index contributed by atoms with van der Waals surface area (Å²) in [5.74, 6) is 1.69. The molecule has 2 aliphatic carbocycles. The van der Waals surface area contributed by atoms with E-state index in [1.807, 2.05) is 19.9 Å². The first-order valence-electron chi connectivity index (χ1n) is 5.68. The van der Waals surface area contributed by atoms with Crippen LogP contribution >= 0.6 is 0 Å². The van der Waals surface area contributed by atoms with Gasteiger partial charge in [-0.2, -0.15) is 0 Å². The third kappa shape index (κ3) is 1.61. The molecule has 0 aromatic carbocycles.